The van der Waals surface area contributed by atoms with Crippen molar-refractivity contribution in [2.75, 3.05) is 12.4 Å². The van der Waals surface area contributed by atoms with E-state index in [4.69, 9.17) is 16.3 Å². The fourth-order valence-corrected chi connectivity index (χ4v) is 1.83. The van der Waals surface area contributed by atoms with Crippen LogP contribution in [0.25, 0.3) is 10.9 Å². The van der Waals surface area contributed by atoms with Gasteiger partial charge in [0.15, 0.2) is 0 Å². The highest BCUT2D eigenvalue weighted by Crippen LogP contribution is 2.29. The highest BCUT2D eigenvalue weighted by atomic mass is 35.5. The first-order valence-electron chi connectivity index (χ1n) is 5.49. The predicted octanol–water partition coefficient (Wildman–Crippen LogP) is 3.83. The van der Waals surface area contributed by atoms with Crippen molar-refractivity contribution in [3.63, 3.8) is 0 Å². The van der Waals surface area contributed by atoms with E-state index >= 15 is 0 Å². The maximum Gasteiger partial charge on any atom is 0.145 e. The molecular weight excluding hydrogens is 254 g/mol. The van der Waals surface area contributed by atoms with Gasteiger partial charge >= 0.3 is 0 Å². The summed E-state index contributed by atoms with van der Waals surface area (Å²) in [7, 11) is 0. The molecule has 0 fully saturated rings. The van der Waals surface area contributed by atoms with E-state index in [1.807, 2.05) is 24.3 Å². The third kappa shape index (κ3) is 2.85. The van der Waals surface area contributed by atoms with E-state index in [0.29, 0.717) is 17.5 Å². The lowest BCUT2D eigenvalue weighted by Gasteiger charge is -2.12. The molecule has 1 aromatic heterocycles. The van der Waals surface area contributed by atoms with Gasteiger partial charge < -0.3 is 4.74 Å². The van der Waals surface area contributed by atoms with Gasteiger partial charge in [0.1, 0.15) is 11.3 Å². The molecule has 0 aliphatic rings. The summed E-state index contributed by atoms with van der Waals surface area (Å²) >= 11 is 10.3. The standard InChI is InChI=1S/C13H14ClNOS/c1-9(8-17)7-16-12-5-4-11(14)10-3-2-6-15-13(10)12/h2-6,9,17H,7-8H2,1H3. The van der Waals surface area contributed by atoms with Gasteiger partial charge in [-0.2, -0.15) is 12.6 Å². The molecule has 2 nitrogen and oxygen atoms in total. The number of pyridine rings is 1. The topological polar surface area (TPSA) is 22.1 Å². The van der Waals surface area contributed by atoms with Crippen molar-refractivity contribution in [1.82, 2.24) is 4.98 Å². The number of fused-ring (bicyclic) bond motifs is 1. The number of hydrogen-bond donors (Lipinski definition) is 1. The van der Waals surface area contributed by atoms with Crippen LogP contribution in [0.4, 0.5) is 0 Å². The number of hydrogen-bond acceptors (Lipinski definition) is 3. The van der Waals surface area contributed by atoms with Gasteiger partial charge in [0, 0.05) is 11.6 Å². The van der Waals surface area contributed by atoms with Crippen LogP contribution in [0.1, 0.15) is 6.92 Å². The Bertz CT molecular complexity index is 518. The molecule has 0 amide bonds. The maximum atomic E-state index is 6.11. The Balaban J connectivity index is 2.32. The van der Waals surface area contributed by atoms with E-state index in [-0.39, 0.29) is 0 Å². The van der Waals surface area contributed by atoms with E-state index in [9.17, 15) is 0 Å². The number of nitrogens with zero attached hydrogens (tertiary/aromatic N) is 1. The first-order valence-corrected chi connectivity index (χ1v) is 6.50. The number of ether oxygens (including phenoxy) is 1. The summed E-state index contributed by atoms with van der Waals surface area (Å²) in [5.74, 6) is 1.99. The molecule has 2 aromatic rings. The van der Waals surface area contributed by atoms with E-state index < -0.39 is 0 Å². The molecule has 0 aliphatic heterocycles. The SMILES string of the molecule is CC(CS)COc1ccc(Cl)c2cccnc12. The molecule has 0 aliphatic carbocycles. The van der Waals surface area contributed by atoms with Gasteiger partial charge in [0.2, 0.25) is 0 Å². The summed E-state index contributed by atoms with van der Waals surface area (Å²) in [5.41, 5.74) is 0.811. The minimum Gasteiger partial charge on any atom is -0.491 e. The molecule has 90 valence electrons. The van der Waals surface area contributed by atoms with Crippen molar-refractivity contribution >= 4 is 35.1 Å². The van der Waals surface area contributed by atoms with E-state index in [2.05, 4.69) is 24.5 Å². The lowest BCUT2D eigenvalue weighted by molar-refractivity contribution is 0.276. The van der Waals surface area contributed by atoms with Gasteiger partial charge in [-0.1, -0.05) is 18.5 Å². The molecule has 0 saturated carbocycles. The van der Waals surface area contributed by atoms with E-state index in [1.165, 1.54) is 0 Å². The fourth-order valence-electron chi connectivity index (χ4n) is 1.51. The van der Waals surface area contributed by atoms with Crippen LogP contribution in [0.5, 0.6) is 5.75 Å². The Labute approximate surface area is 111 Å². The summed E-state index contributed by atoms with van der Waals surface area (Å²) in [6.45, 7) is 2.73. The summed E-state index contributed by atoms with van der Waals surface area (Å²) in [6, 6.07) is 7.52. The number of aromatic nitrogens is 1. The second-order valence-electron chi connectivity index (χ2n) is 4.04. The van der Waals surface area contributed by atoms with Gasteiger partial charge in [-0.15, -0.1) is 0 Å². The zero-order valence-corrected chi connectivity index (χ0v) is 11.2. The molecule has 1 heterocycles. The third-order valence-electron chi connectivity index (χ3n) is 2.51. The highest BCUT2D eigenvalue weighted by molar-refractivity contribution is 7.80. The van der Waals surface area contributed by atoms with Crippen LogP contribution in [0.2, 0.25) is 5.02 Å². The molecule has 1 unspecified atom stereocenters. The maximum absolute atomic E-state index is 6.11. The van der Waals surface area contributed by atoms with Crippen molar-refractivity contribution in [2.45, 2.75) is 6.92 Å². The molecular formula is C13H14ClNOS. The minimum absolute atomic E-state index is 0.410. The Hall–Kier alpha value is -0.930. The molecule has 0 bridgehead atoms. The Morgan fingerprint density at radius 1 is 1.41 bits per heavy atom. The van der Waals surface area contributed by atoms with Crippen LogP contribution in [0.15, 0.2) is 30.5 Å². The molecule has 4 heteroatoms. The molecule has 0 saturated heterocycles. The molecule has 2 rings (SSSR count). The van der Waals surface area contributed by atoms with Gasteiger partial charge in [-0.05, 0) is 35.9 Å². The number of rotatable bonds is 4. The second kappa shape index (κ2) is 5.61. The Kier molecular flexibility index (Phi) is 4.13. The average molecular weight is 268 g/mol. The Morgan fingerprint density at radius 2 is 2.24 bits per heavy atom. The molecule has 17 heavy (non-hydrogen) atoms. The first kappa shape index (κ1) is 12.5. The smallest absolute Gasteiger partial charge is 0.145 e. The monoisotopic (exact) mass is 267 g/mol. The summed E-state index contributed by atoms with van der Waals surface area (Å²) in [6.07, 6.45) is 1.74. The van der Waals surface area contributed by atoms with Crippen LogP contribution < -0.4 is 4.74 Å². The van der Waals surface area contributed by atoms with Crippen molar-refractivity contribution in [1.29, 1.82) is 0 Å². The van der Waals surface area contributed by atoms with Crippen molar-refractivity contribution < 1.29 is 4.74 Å². The van der Waals surface area contributed by atoms with E-state index in [0.717, 1.165) is 22.4 Å². The van der Waals surface area contributed by atoms with Gasteiger partial charge in [-0.25, -0.2) is 0 Å². The van der Waals surface area contributed by atoms with Gasteiger partial charge in [-0.3, -0.25) is 4.98 Å². The Morgan fingerprint density at radius 3 is 3.00 bits per heavy atom. The molecule has 1 atom stereocenters. The number of halogens is 1. The summed E-state index contributed by atoms with van der Waals surface area (Å²) < 4.78 is 5.76. The van der Waals surface area contributed by atoms with Crippen LogP contribution in [0.3, 0.4) is 0 Å². The number of thiol groups is 1. The number of benzene rings is 1. The van der Waals surface area contributed by atoms with Gasteiger partial charge in [0.25, 0.3) is 0 Å². The quantitative estimate of drug-likeness (QED) is 0.851. The molecule has 0 N–H and O–H groups in total. The van der Waals surface area contributed by atoms with Crippen LogP contribution in [-0.2, 0) is 0 Å². The predicted molar refractivity (Wildman–Crippen MR) is 75.3 cm³/mol. The van der Waals surface area contributed by atoms with Crippen molar-refractivity contribution in [3.8, 4) is 5.75 Å². The van der Waals surface area contributed by atoms with Crippen LogP contribution in [0, 0.1) is 5.92 Å². The molecule has 0 radical (unpaired) electrons. The summed E-state index contributed by atoms with van der Waals surface area (Å²) in [4.78, 5) is 4.32. The van der Waals surface area contributed by atoms with E-state index in [1.54, 1.807) is 6.20 Å². The van der Waals surface area contributed by atoms with Crippen LogP contribution >= 0.6 is 24.2 Å². The lowest BCUT2D eigenvalue weighted by Crippen LogP contribution is -2.10. The zero-order valence-electron chi connectivity index (χ0n) is 9.56. The van der Waals surface area contributed by atoms with Crippen molar-refractivity contribution in [2.24, 2.45) is 5.92 Å². The molecule has 0 spiro atoms. The zero-order chi connectivity index (χ0) is 12.3. The fraction of sp³-hybridized carbons (Fsp3) is 0.308. The normalized spacial score (nSPS) is 12.6. The van der Waals surface area contributed by atoms with Gasteiger partial charge in [0.05, 0.1) is 11.6 Å². The highest BCUT2D eigenvalue weighted by Gasteiger charge is 2.08. The first-order chi connectivity index (χ1) is 8.22. The summed E-state index contributed by atoms with van der Waals surface area (Å²) in [5, 5.41) is 1.62. The minimum atomic E-state index is 0.410. The molecule has 1 aromatic carbocycles. The second-order valence-corrected chi connectivity index (χ2v) is 4.82. The third-order valence-corrected chi connectivity index (χ3v) is 3.47. The van der Waals surface area contributed by atoms with Crippen molar-refractivity contribution in [3.05, 3.63) is 35.5 Å². The average Bonchev–Trinajstić information content (AvgIpc) is 2.38. The largest absolute Gasteiger partial charge is 0.491 e. The van der Waals surface area contributed by atoms with Crippen LogP contribution in [-0.4, -0.2) is 17.3 Å². The lowest BCUT2D eigenvalue weighted by atomic mass is 10.2.